The molecule has 0 spiro atoms. The molecular formula is C44H26N6O3S2. The van der Waals surface area contributed by atoms with E-state index >= 15 is 0 Å². The summed E-state index contributed by atoms with van der Waals surface area (Å²) in [4.78, 5) is 26.4. The average Bonchev–Trinajstić information content (AvgIpc) is 4.02. The number of anilines is 2. The van der Waals surface area contributed by atoms with Gasteiger partial charge in [-0.25, -0.2) is 0 Å². The summed E-state index contributed by atoms with van der Waals surface area (Å²) in [5.41, 5.74) is 12.1. The summed E-state index contributed by atoms with van der Waals surface area (Å²) < 4.78 is 17.7. The second-order valence-electron chi connectivity index (χ2n) is 13.5. The molecule has 262 valence electrons. The van der Waals surface area contributed by atoms with Gasteiger partial charge in [-0.2, -0.15) is 8.75 Å². The van der Waals surface area contributed by atoms with Crippen LogP contribution in [-0.4, -0.2) is 30.5 Å². The number of carbonyl (C=O) groups excluding carboxylic acids is 2. The van der Waals surface area contributed by atoms with E-state index in [0.29, 0.717) is 47.1 Å². The minimum Gasteiger partial charge on any atom is -0.416 e. The van der Waals surface area contributed by atoms with Crippen molar-refractivity contribution in [2.24, 2.45) is 0 Å². The number of fused-ring (bicyclic) bond motifs is 4. The number of hydrogen-bond acceptors (Lipinski definition) is 11. The molecule has 11 rings (SSSR count). The largest absolute Gasteiger partial charge is 0.416 e. The summed E-state index contributed by atoms with van der Waals surface area (Å²) in [6, 6.07) is 39.1. The van der Waals surface area contributed by atoms with Gasteiger partial charge in [0.15, 0.2) is 11.6 Å². The molecule has 0 radical (unpaired) electrons. The van der Waals surface area contributed by atoms with Gasteiger partial charge in [0.05, 0.1) is 20.8 Å². The molecule has 2 aliphatic rings. The van der Waals surface area contributed by atoms with Crippen LogP contribution in [-0.2, 0) is 13.1 Å². The van der Waals surface area contributed by atoms with Crippen LogP contribution in [0.2, 0.25) is 0 Å². The molecule has 0 amide bonds. The van der Waals surface area contributed by atoms with Gasteiger partial charge in [-0.05, 0) is 94.9 Å². The van der Waals surface area contributed by atoms with E-state index < -0.39 is 0 Å². The first-order valence-corrected chi connectivity index (χ1v) is 19.3. The summed E-state index contributed by atoms with van der Waals surface area (Å²) in [5, 5.41) is 17.6. The lowest BCUT2D eigenvalue weighted by molar-refractivity contribution is 0.103. The third-order valence-corrected chi connectivity index (χ3v) is 12.3. The fourth-order valence-electron chi connectivity index (χ4n) is 7.61. The molecule has 2 N–H and O–H groups in total. The number of nitrogens with one attached hydrogen (secondary N) is 2. The second kappa shape index (κ2) is 12.4. The van der Waals surface area contributed by atoms with E-state index in [1.54, 1.807) is 0 Å². The molecule has 2 aliphatic carbocycles. The highest BCUT2D eigenvalue weighted by Crippen LogP contribution is 2.43. The number of rotatable bonds is 8. The molecule has 3 heterocycles. The number of ketones is 2. The van der Waals surface area contributed by atoms with Gasteiger partial charge in [0.2, 0.25) is 11.8 Å². The molecule has 6 aromatic carbocycles. The Morgan fingerprint density at radius 1 is 0.473 bits per heavy atom. The Kier molecular flexibility index (Phi) is 7.13. The van der Waals surface area contributed by atoms with Crippen LogP contribution in [0.15, 0.2) is 126 Å². The van der Waals surface area contributed by atoms with Gasteiger partial charge < -0.3 is 15.1 Å². The Balaban J connectivity index is 0.757. The summed E-state index contributed by atoms with van der Waals surface area (Å²) >= 11 is 2.88. The lowest BCUT2D eigenvalue weighted by Crippen LogP contribution is -2.09. The molecule has 0 saturated carbocycles. The maximum absolute atomic E-state index is 13.2. The topological polar surface area (TPSA) is 123 Å². The van der Waals surface area contributed by atoms with Gasteiger partial charge in [-0.3, -0.25) is 9.59 Å². The lowest BCUT2D eigenvalue weighted by Gasteiger charge is -2.16. The molecule has 11 heteroatoms. The third kappa shape index (κ3) is 5.04. The summed E-state index contributed by atoms with van der Waals surface area (Å²) in [5.74, 6) is 0.967. The van der Waals surface area contributed by atoms with Crippen LogP contribution in [0.25, 0.3) is 65.6 Å². The van der Waals surface area contributed by atoms with Crippen molar-refractivity contribution in [1.29, 1.82) is 0 Å². The van der Waals surface area contributed by atoms with Gasteiger partial charge in [-0.1, -0.05) is 60.7 Å². The minimum atomic E-state index is 0.0501. The van der Waals surface area contributed by atoms with Gasteiger partial charge in [0.25, 0.3) is 0 Å². The van der Waals surface area contributed by atoms with E-state index in [2.05, 4.69) is 20.8 Å². The van der Waals surface area contributed by atoms with E-state index in [0.717, 1.165) is 76.3 Å². The highest BCUT2D eigenvalue weighted by molar-refractivity contribution is 7.14. The van der Waals surface area contributed by atoms with Gasteiger partial charge in [-0.15, -0.1) is 10.2 Å². The van der Waals surface area contributed by atoms with Crippen molar-refractivity contribution >= 4 is 66.2 Å². The molecule has 0 unspecified atom stereocenters. The van der Waals surface area contributed by atoms with Gasteiger partial charge >= 0.3 is 0 Å². The normalized spacial score (nSPS) is 12.6. The smallest absolute Gasteiger partial charge is 0.248 e. The van der Waals surface area contributed by atoms with E-state index in [1.807, 2.05) is 121 Å². The summed E-state index contributed by atoms with van der Waals surface area (Å²) in [6.45, 7) is 1.17. The number of nitrogens with zero attached hydrogens (tertiary/aromatic N) is 4. The zero-order valence-electron chi connectivity index (χ0n) is 28.8. The Labute approximate surface area is 321 Å². The number of aromatic nitrogens is 4. The Hall–Kier alpha value is -6.82. The third-order valence-electron chi connectivity index (χ3n) is 10.4. The maximum atomic E-state index is 13.2. The van der Waals surface area contributed by atoms with Crippen molar-refractivity contribution < 1.29 is 14.0 Å². The maximum Gasteiger partial charge on any atom is 0.248 e. The van der Waals surface area contributed by atoms with Gasteiger partial charge in [0, 0.05) is 79.7 Å². The van der Waals surface area contributed by atoms with E-state index in [-0.39, 0.29) is 11.6 Å². The fourth-order valence-corrected chi connectivity index (χ4v) is 9.46. The van der Waals surface area contributed by atoms with Crippen LogP contribution in [0.5, 0.6) is 0 Å². The van der Waals surface area contributed by atoms with E-state index in [9.17, 15) is 9.59 Å². The van der Waals surface area contributed by atoms with Crippen molar-refractivity contribution in [1.82, 2.24) is 18.9 Å². The molecule has 0 bridgehead atoms. The Morgan fingerprint density at radius 2 is 0.891 bits per heavy atom. The van der Waals surface area contributed by atoms with E-state index in [1.165, 1.54) is 23.1 Å². The standard InChI is InChI=1S/C44H26N6O3S2/c51-39-31-7-3-1-5-29(31)37-35-33(39)19-13-25(41(35)54-49-37)21-45-27-15-9-23(10-16-27)43-47-48-44(53-43)24-11-17-28(18-12-24)46-22-26-14-20-34-36-38(50-55-42(26)36)30-6-2-4-8-32(30)40(34)52/h1-20,45-46H,21-22H2. The van der Waals surface area contributed by atoms with Crippen molar-refractivity contribution in [3.63, 3.8) is 0 Å². The minimum absolute atomic E-state index is 0.0501. The lowest BCUT2D eigenvalue weighted by atomic mass is 9.87. The van der Waals surface area contributed by atoms with Crippen LogP contribution in [0, 0.1) is 0 Å². The molecule has 55 heavy (non-hydrogen) atoms. The monoisotopic (exact) mass is 750 g/mol. The van der Waals surface area contributed by atoms with Crippen LogP contribution >= 0.6 is 23.1 Å². The Morgan fingerprint density at radius 3 is 1.33 bits per heavy atom. The van der Waals surface area contributed by atoms with Gasteiger partial charge in [0.1, 0.15) is 0 Å². The number of carbonyl (C=O) groups is 2. The predicted octanol–water partition coefficient (Wildman–Crippen LogP) is 10.3. The Bertz CT molecular complexity index is 2830. The van der Waals surface area contributed by atoms with Crippen molar-refractivity contribution in [3.05, 3.63) is 155 Å². The molecular weight excluding hydrogens is 725 g/mol. The quantitative estimate of drug-likeness (QED) is 0.156. The first-order valence-electron chi connectivity index (χ1n) is 17.7. The summed E-state index contributed by atoms with van der Waals surface area (Å²) in [7, 11) is 0. The van der Waals surface area contributed by atoms with Crippen LogP contribution < -0.4 is 10.6 Å². The predicted molar refractivity (Wildman–Crippen MR) is 217 cm³/mol. The number of benzene rings is 6. The highest BCUT2D eigenvalue weighted by Gasteiger charge is 2.29. The highest BCUT2D eigenvalue weighted by atomic mass is 32.1. The molecule has 0 atom stereocenters. The molecule has 0 aliphatic heterocycles. The molecule has 9 aromatic rings. The molecule has 0 saturated heterocycles. The van der Waals surface area contributed by atoms with Crippen molar-refractivity contribution in [3.8, 4) is 45.4 Å². The molecule has 3 aromatic heterocycles. The van der Waals surface area contributed by atoms with Crippen LogP contribution in [0.4, 0.5) is 11.4 Å². The molecule has 0 fully saturated rings. The van der Waals surface area contributed by atoms with Crippen LogP contribution in [0.1, 0.15) is 43.0 Å². The first-order chi connectivity index (χ1) is 27.1. The van der Waals surface area contributed by atoms with Crippen molar-refractivity contribution in [2.75, 3.05) is 10.6 Å². The fraction of sp³-hybridized carbons (Fsp3) is 0.0455. The number of hydrogen-bond donors (Lipinski definition) is 2. The van der Waals surface area contributed by atoms with Crippen molar-refractivity contribution in [2.45, 2.75) is 13.1 Å². The average molecular weight is 751 g/mol. The zero-order valence-corrected chi connectivity index (χ0v) is 30.4. The second-order valence-corrected chi connectivity index (χ2v) is 15.1. The van der Waals surface area contributed by atoms with Crippen LogP contribution in [0.3, 0.4) is 0 Å². The summed E-state index contributed by atoms with van der Waals surface area (Å²) in [6.07, 6.45) is 0. The SMILES string of the molecule is O=C1c2ccccc2-c2nsc3c(CNc4ccc(-c5nnc(-c6ccc(NCc7ccc8c9c(nsc79)-c7ccccc7C8=O)cc6)o5)cc4)ccc1c23. The molecule has 9 nitrogen and oxygen atoms in total. The van der Waals surface area contributed by atoms with E-state index in [4.69, 9.17) is 13.2 Å². The zero-order chi connectivity index (χ0) is 36.6. The first kappa shape index (κ1) is 31.7.